The summed E-state index contributed by atoms with van der Waals surface area (Å²) in [5.41, 5.74) is 4.29. The molecule has 3 N–H and O–H groups in total. The van der Waals surface area contributed by atoms with Crippen molar-refractivity contribution in [3.8, 4) is 0 Å². The molecule has 0 aliphatic carbocycles. The number of carboxylic acid groups (broad SMARTS) is 1. The zero-order valence-corrected chi connectivity index (χ0v) is 13.8. The number of benzene rings is 1. The average molecular weight is 476 g/mol. The lowest BCUT2D eigenvalue weighted by Crippen LogP contribution is -2.64. The molecule has 1 aromatic carbocycles. The fourth-order valence-electron chi connectivity index (χ4n) is 1.16. The fraction of sp³-hybridized carbons (Fsp3) is 0.417. The molecule has 168 valence electrons. The molecule has 0 bridgehead atoms. The summed E-state index contributed by atoms with van der Waals surface area (Å²) >= 11 is 5.40. The number of carboxylic acids is 1. The molecule has 0 saturated heterocycles. The number of aliphatic carboxylic acids is 1. The Hall–Kier alpha value is -1.94. The van der Waals surface area contributed by atoms with E-state index in [0.29, 0.717) is 0 Å². The second-order valence-corrected chi connectivity index (χ2v) is 5.23. The second kappa shape index (κ2) is 8.43. The summed E-state index contributed by atoms with van der Waals surface area (Å²) in [5, 5.41) is 9.86. The molecule has 1 rings (SSSR count). The Kier molecular flexibility index (Phi) is 7.87. The lowest BCUT2D eigenvalue weighted by atomic mass is 10.2. The summed E-state index contributed by atoms with van der Waals surface area (Å²) < 4.78 is 146. The van der Waals surface area contributed by atoms with E-state index in [-0.39, 0.29) is 5.02 Å². The molecule has 0 heterocycles. The fourth-order valence-corrected chi connectivity index (χ4v) is 1.36. The van der Waals surface area contributed by atoms with Gasteiger partial charge >= 0.3 is 30.2 Å². The monoisotopic (exact) mass is 475 g/mol. The Morgan fingerprint density at radius 1 is 0.931 bits per heavy atom. The quantitative estimate of drug-likeness (QED) is 0.680. The lowest BCUT2D eigenvalue weighted by Gasteiger charge is -2.35. The summed E-state index contributed by atoms with van der Waals surface area (Å²) in [7, 11) is 0. The summed E-state index contributed by atoms with van der Waals surface area (Å²) in [4.78, 5) is 9.73. The maximum atomic E-state index is 12.6. The van der Waals surface area contributed by atoms with E-state index >= 15 is 0 Å². The summed E-state index contributed by atoms with van der Waals surface area (Å²) in [6.45, 7) is 0. The molecule has 0 spiro atoms. The molecule has 0 amide bonds. The third-order valence-corrected chi connectivity index (χ3v) is 2.89. The first-order valence-electron chi connectivity index (χ1n) is 6.36. The number of halogens is 13. The second-order valence-electron chi connectivity index (χ2n) is 4.82. The highest BCUT2D eigenvalue weighted by molar-refractivity contribution is 6.30. The highest BCUT2D eigenvalue weighted by atomic mass is 35.5. The van der Waals surface area contributed by atoms with Crippen molar-refractivity contribution in [2.75, 3.05) is 0 Å². The van der Waals surface area contributed by atoms with Crippen LogP contribution in [0.25, 0.3) is 0 Å². The van der Waals surface area contributed by atoms with E-state index in [1.165, 1.54) is 12.1 Å². The van der Waals surface area contributed by atoms with Crippen molar-refractivity contribution < 1.29 is 73.1 Å². The van der Waals surface area contributed by atoms with Crippen molar-refractivity contribution in [3.63, 3.8) is 0 Å². The van der Waals surface area contributed by atoms with Gasteiger partial charge in [-0.25, -0.2) is 4.39 Å². The molecular weight excluding hydrogens is 470 g/mol. The van der Waals surface area contributed by atoms with E-state index < -0.39 is 42.0 Å². The van der Waals surface area contributed by atoms with E-state index in [1.807, 2.05) is 0 Å². The van der Waals surface area contributed by atoms with Crippen LogP contribution in [0, 0.1) is 5.82 Å². The number of rotatable bonds is 4. The maximum Gasteiger partial charge on any atom is 0.462 e. The molecular formula is C12H6ClF12NO3. The van der Waals surface area contributed by atoms with Gasteiger partial charge in [0.15, 0.2) is 0 Å². The number of hydrogen-bond donors (Lipinski definition) is 1. The van der Waals surface area contributed by atoms with Crippen LogP contribution < -0.4 is 10.8 Å². The number of ether oxygens (including phenoxy) is 1. The Labute approximate surface area is 156 Å². The topological polar surface area (TPSA) is 77.0 Å². The van der Waals surface area contributed by atoms with Gasteiger partial charge in [0.1, 0.15) is 17.5 Å². The van der Waals surface area contributed by atoms with Crippen molar-refractivity contribution >= 4 is 23.3 Å². The van der Waals surface area contributed by atoms with Crippen LogP contribution in [0.5, 0.6) is 0 Å². The van der Waals surface area contributed by atoms with Crippen molar-refractivity contribution in [3.05, 3.63) is 29.0 Å². The molecule has 4 nitrogen and oxygen atoms in total. The number of carbonyl (C=O) groups excluding carboxylic acids is 1. The number of carbonyl (C=O) groups is 1. The predicted octanol–water partition coefficient (Wildman–Crippen LogP) is 3.12. The third-order valence-electron chi connectivity index (χ3n) is 2.60. The van der Waals surface area contributed by atoms with Crippen molar-refractivity contribution in [2.24, 2.45) is 0 Å². The molecule has 0 aliphatic heterocycles. The van der Waals surface area contributed by atoms with Crippen LogP contribution in [0.3, 0.4) is 0 Å². The van der Waals surface area contributed by atoms with Crippen LogP contribution >= 0.6 is 11.6 Å². The van der Waals surface area contributed by atoms with Crippen molar-refractivity contribution in [2.45, 2.75) is 30.2 Å². The molecule has 17 heteroatoms. The zero-order valence-electron chi connectivity index (χ0n) is 13.1. The van der Waals surface area contributed by atoms with Crippen LogP contribution in [0.2, 0.25) is 5.02 Å². The van der Waals surface area contributed by atoms with Gasteiger partial charge in [-0.15, -0.1) is 0 Å². The van der Waals surface area contributed by atoms with Gasteiger partial charge < -0.3 is 15.6 Å². The first kappa shape index (κ1) is 27.1. The Morgan fingerprint density at radius 3 is 1.66 bits per heavy atom. The molecule has 0 fully saturated rings. The van der Waals surface area contributed by atoms with Gasteiger partial charge in [-0.3, -0.25) is 4.74 Å². The molecule has 1 aromatic rings. The van der Waals surface area contributed by atoms with E-state index in [1.54, 1.807) is 10.8 Å². The average Bonchev–Trinajstić information content (AvgIpc) is 2.48. The SMILES string of the molecule is O=C([O-])C(F)(OC(F)(F)C(F)(F)C(F)(F)F)C(F)(F)F.[NH3+]c1ccc(F)c(Cl)c1. The molecule has 0 aliphatic rings. The lowest BCUT2D eigenvalue weighted by molar-refractivity contribution is -0.486. The standard InChI is InChI=1S/C6H5ClFN.C6HF11O3/c7-5-3-4(9)1-2-6(5)8;7-2(1(18)19,4(10,11)12)20-6(16,17)3(8,9)5(13,14)15/h1-3H,9H2;(H,18,19). The summed E-state index contributed by atoms with van der Waals surface area (Å²) in [6, 6.07) is 4.35. The van der Waals surface area contributed by atoms with Gasteiger partial charge in [0.25, 0.3) is 0 Å². The molecule has 29 heavy (non-hydrogen) atoms. The third kappa shape index (κ3) is 6.02. The molecule has 0 saturated carbocycles. The first-order valence-corrected chi connectivity index (χ1v) is 6.74. The molecule has 1 atom stereocenters. The smallest absolute Gasteiger partial charge is 0.462 e. The van der Waals surface area contributed by atoms with Crippen LogP contribution in [0.4, 0.5) is 58.4 Å². The number of quaternary nitrogens is 1. The molecule has 0 aromatic heterocycles. The minimum Gasteiger partial charge on any atom is -0.544 e. The van der Waals surface area contributed by atoms with Crippen molar-refractivity contribution in [1.29, 1.82) is 0 Å². The van der Waals surface area contributed by atoms with Gasteiger partial charge in [0.2, 0.25) is 0 Å². The van der Waals surface area contributed by atoms with Crippen LogP contribution in [-0.4, -0.2) is 36.2 Å². The largest absolute Gasteiger partial charge is 0.544 e. The van der Waals surface area contributed by atoms with Crippen molar-refractivity contribution in [1.82, 2.24) is 0 Å². The minimum atomic E-state index is -7.29. The van der Waals surface area contributed by atoms with Gasteiger partial charge in [-0.05, 0) is 6.07 Å². The van der Waals surface area contributed by atoms with Gasteiger partial charge in [-0.2, -0.15) is 48.3 Å². The number of alkyl halides is 11. The Balaban J connectivity index is 0.000000717. The van der Waals surface area contributed by atoms with E-state index in [2.05, 4.69) is 5.73 Å². The van der Waals surface area contributed by atoms with Gasteiger partial charge in [-0.1, -0.05) is 11.6 Å². The first-order chi connectivity index (χ1) is 12.6. The van der Waals surface area contributed by atoms with Crippen LogP contribution in [-0.2, 0) is 9.53 Å². The number of hydrogen-bond acceptors (Lipinski definition) is 3. The van der Waals surface area contributed by atoms with E-state index in [9.17, 15) is 62.6 Å². The van der Waals surface area contributed by atoms with E-state index in [4.69, 9.17) is 11.6 Å². The molecule has 1 unspecified atom stereocenters. The zero-order chi connectivity index (χ0) is 23.6. The Morgan fingerprint density at radius 2 is 1.38 bits per heavy atom. The van der Waals surface area contributed by atoms with Gasteiger partial charge in [0, 0.05) is 12.1 Å². The highest BCUT2D eigenvalue weighted by Crippen LogP contribution is 2.50. The minimum absolute atomic E-state index is 0.127. The highest BCUT2D eigenvalue weighted by Gasteiger charge is 2.78. The molecule has 0 radical (unpaired) electrons. The normalized spacial score (nSPS) is 15.2. The van der Waals surface area contributed by atoms with Gasteiger partial charge in [0.05, 0.1) is 5.02 Å². The predicted molar refractivity (Wildman–Crippen MR) is 65.9 cm³/mol. The van der Waals surface area contributed by atoms with Crippen LogP contribution in [0.1, 0.15) is 0 Å². The summed E-state index contributed by atoms with van der Waals surface area (Å²) in [6.07, 6.45) is -21.2. The van der Waals surface area contributed by atoms with Crippen LogP contribution in [0.15, 0.2) is 18.2 Å². The summed E-state index contributed by atoms with van der Waals surface area (Å²) in [5.74, 6) is -18.4. The van der Waals surface area contributed by atoms with E-state index in [0.717, 1.165) is 5.69 Å². The Bertz CT molecular complexity index is 736. The maximum absolute atomic E-state index is 12.6.